The highest BCUT2D eigenvalue weighted by Gasteiger charge is 2.20. The van der Waals surface area contributed by atoms with Crippen LogP contribution in [-0.2, 0) is 22.6 Å². The minimum atomic E-state index is -0.559. The lowest BCUT2D eigenvalue weighted by Gasteiger charge is -2.22. The summed E-state index contributed by atoms with van der Waals surface area (Å²) in [5, 5.41) is 7.28. The Hall–Kier alpha value is -3.03. The fourth-order valence-electron chi connectivity index (χ4n) is 2.65. The van der Waals surface area contributed by atoms with Gasteiger partial charge in [-0.1, -0.05) is 18.2 Å². The number of benzene rings is 1. The molecule has 0 aliphatic heterocycles. The number of hydrogen-bond donors (Lipinski definition) is 1. The molecule has 1 aromatic carbocycles. The Morgan fingerprint density at radius 1 is 1.20 bits per heavy atom. The summed E-state index contributed by atoms with van der Waals surface area (Å²) >= 11 is 0. The first-order valence-electron chi connectivity index (χ1n) is 10.1. The van der Waals surface area contributed by atoms with E-state index in [1.54, 1.807) is 17.7 Å². The zero-order valence-electron chi connectivity index (χ0n) is 18.3. The summed E-state index contributed by atoms with van der Waals surface area (Å²) in [6.45, 7) is 9.99. The van der Waals surface area contributed by atoms with Gasteiger partial charge in [-0.15, -0.1) is 0 Å². The lowest BCUT2D eigenvalue weighted by molar-refractivity contribution is 0.0489. The quantitative estimate of drug-likeness (QED) is 0.622. The average Bonchev–Trinajstić information content (AvgIpc) is 3.07. The van der Waals surface area contributed by atoms with Crippen LogP contribution in [0.2, 0.25) is 0 Å². The first kappa shape index (κ1) is 23.3. The molecule has 2 aromatic rings. The van der Waals surface area contributed by atoms with Crippen LogP contribution in [-0.4, -0.2) is 40.1 Å². The van der Waals surface area contributed by atoms with Crippen molar-refractivity contribution in [1.82, 2.24) is 15.1 Å². The second-order valence-corrected chi connectivity index (χ2v) is 7.90. The van der Waals surface area contributed by atoms with E-state index < -0.39 is 17.7 Å². The fourth-order valence-corrected chi connectivity index (χ4v) is 2.65. The van der Waals surface area contributed by atoms with Crippen LogP contribution in [0.1, 0.15) is 57.2 Å². The molecule has 1 aromatic heterocycles. The average molecular weight is 418 g/mol. The van der Waals surface area contributed by atoms with Gasteiger partial charge in [0.25, 0.3) is 0 Å². The second-order valence-electron chi connectivity index (χ2n) is 7.90. The van der Waals surface area contributed by atoms with E-state index in [9.17, 15) is 9.59 Å². The molecular weight excluding hydrogens is 386 g/mol. The van der Waals surface area contributed by atoms with E-state index >= 15 is 0 Å². The maximum Gasteiger partial charge on any atom is 0.407 e. The van der Waals surface area contributed by atoms with Crippen molar-refractivity contribution in [3.63, 3.8) is 0 Å². The van der Waals surface area contributed by atoms with Crippen LogP contribution in [0.3, 0.4) is 0 Å². The van der Waals surface area contributed by atoms with Crippen molar-refractivity contribution < 1.29 is 23.8 Å². The number of alkyl carbamates (subject to hydrolysis) is 1. The van der Waals surface area contributed by atoms with Gasteiger partial charge in [0, 0.05) is 12.6 Å². The molecule has 0 fully saturated rings. The van der Waals surface area contributed by atoms with E-state index in [0.29, 0.717) is 24.4 Å². The smallest absolute Gasteiger partial charge is 0.407 e. The summed E-state index contributed by atoms with van der Waals surface area (Å²) in [5.41, 5.74) is 0.416. The molecule has 1 amide bonds. The number of nitrogens with one attached hydrogen (secondary N) is 1. The molecule has 1 N–H and O–H groups in total. The van der Waals surface area contributed by atoms with Crippen LogP contribution in [0.25, 0.3) is 0 Å². The number of nitrogens with zero attached hydrogens (tertiary/aromatic N) is 2. The van der Waals surface area contributed by atoms with Crippen LogP contribution in [0.15, 0.2) is 36.4 Å². The first-order valence-corrected chi connectivity index (χ1v) is 10.1. The van der Waals surface area contributed by atoms with Gasteiger partial charge in [0.1, 0.15) is 29.3 Å². The fraction of sp³-hybridized carbons (Fsp3) is 0.500. The highest BCUT2D eigenvalue weighted by molar-refractivity contribution is 5.87. The van der Waals surface area contributed by atoms with Crippen LogP contribution in [0.4, 0.5) is 4.79 Å². The molecule has 0 aliphatic carbocycles. The van der Waals surface area contributed by atoms with Crippen molar-refractivity contribution in [3.8, 4) is 5.75 Å². The number of aryl methyl sites for hydroxylation is 1. The molecule has 0 spiro atoms. The normalized spacial score (nSPS) is 12.2. The minimum Gasteiger partial charge on any atom is -0.487 e. The molecule has 0 bridgehead atoms. The van der Waals surface area contributed by atoms with Gasteiger partial charge in [-0.2, -0.15) is 5.10 Å². The molecule has 8 heteroatoms. The number of rotatable bonds is 9. The molecule has 0 radical (unpaired) electrons. The Morgan fingerprint density at radius 2 is 1.90 bits per heavy atom. The number of para-hydroxylation sites is 1. The van der Waals surface area contributed by atoms with Gasteiger partial charge in [0.2, 0.25) is 0 Å². The van der Waals surface area contributed by atoms with E-state index in [0.717, 1.165) is 5.75 Å². The van der Waals surface area contributed by atoms with Crippen LogP contribution < -0.4 is 10.1 Å². The van der Waals surface area contributed by atoms with Crippen LogP contribution in [0.5, 0.6) is 5.75 Å². The van der Waals surface area contributed by atoms with Crippen LogP contribution >= 0.6 is 0 Å². The monoisotopic (exact) mass is 417 g/mol. The number of hydrogen-bond acceptors (Lipinski definition) is 6. The van der Waals surface area contributed by atoms with E-state index in [1.165, 1.54) is 0 Å². The predicted molar refractivity (Wildman–Crippen MR) is 112 cm³/mol. The second kappa shape index (κ2) is 10.7. The molecule has 164 valence electrons. The largest absolute Gasteiger partial charge is 0.487 e. The Kier molecular flexibility index (Phi) is 8.26. The van der Waals surface area contributed by atoms with Gasteiger partial charge < -0.3 is 19.5 Å². The summed E-state index contributed by atoms with van der Waals surface area (Å²) in [7, 11) is 0. The third kappa shape index (κ3) is 7.77. The summed E-state index contributed by atoms with van der Waals surface area (Å²) in [5.74, 6) is 0.281. The predicted octanol–water partition coefficient (Wildman–Crippen LogP) is 3.94. The van der Waals surface area contributed by atoms with Gasteiger partial charge in [-0.3, -0.25) is 4.68 Å². The zero-order valence-corrected chi connectivity index (χ0v) is 18.3. The number of carbonyl (C=O) groups is 2. The molecule has 0 saturated heterocycles. The van der Waals surface area contributed by atoms with Crippen molar-refractivity contribution in [2.45, 2.75) is 65.8 Å². The molecular formula is C22H31N3O5. The molecule has 0 saturated carbocycles. The highest BCUT2D eigenvalue weighted by Crippen LogP contribution is 2.14. The minimum absolute atomic E-state index is 0.164. The molecule has 1 heterocycles. The van der Waals surface area contributed by atoms with E-state index in [2.05, 4.69) is 10.4 Å². The van der Waals surface area contributed by atoms with E-state index in [4.69, 9.17) is 14.2 Å². The SMILES string of the molecule is CCOC(=O)c1cc(COc2ccccc2)nn1CCC(C)NC(=O)OC(C)(C)C. The Bertz CT molecular complexity index is 827. The van der Waals surface area contributed by atoms with Gasteiger partial charge in [-0.25, -0.2) is 9.59 Å². The van der Waals surface area contributed by atoms with Gasteiger partial charge in [-0.05, 0) is 59.2 Å². The highest BCUT2D eigenvalue weighted by atomic mass is 16.6. The lowest BCUT2D eigenvalue weighted by Crippen LogP contribution is -2.38. The summed E-state index contributed by atoms with van der Waals surface area (Å²) in [6, 6.07) is 10.9. The number of amides is 1. The maximum atomic E-state index is 12.3. The molecule has 0 aliphatic rings. The Labute approximate surface area is 177 Å². The van der Waals surface area contributed by atoms with Gasteiger partial charge in [0.15, 0.2) is 0 Å². The van der Waals surface area contributed by atoms with Gasteiger partial charge in [0.05, 0.1) is 6.61 Å². The summed E-state index contributed by atoms with van der Waals surface area (Å²) in [4.78, 5) is 24.2. The van der Waals surface area contributed by atoms with Crippen LogP contribution in [0, 0.1) is 0 Å². The maximum absolute atomic E-state index is 12.3. The molecule has 30 heavy (non-hydrogen) atoms. The standard InChI is InChI=1S/C22H31N3O5/c1-6-28-20(26)19-14-17(15-29-18-10-8-7-9-11-18)24-25(19)13-12-16(2)23-21(27)30-22(3,4)5/h7-11,14,16H,6,12-13,15H2,1-5H3,(H,23,27). The molecule has 2 rings (SSSR count). The zero-order chi connectivity index (χ0) is 22.1. The third-order valence-corrected chi connectivity index (χ3v) is 3.98. The van der Waals surface area contributed by atoms with E-state index in [-0.39, 0.29) is 19.3 Å². The Morgan fingerprint density at radius 3 is 2.53 bits per heavy atom. The topological polar surface area (TPSA) is 91.7 Å². The van der Waals surface area contributed by atoms with Crippen molar-refractivity contribution in [2.75, 3.05) is 6.61 Å². The summed E-state index contributed by atoms with van der Waals surface area (Å²) in [6.07, 6.45) is 0.0878. The molecule has 1 unspecified atom stereocenters. The van der Waals surface area contributed by atoms with Crippen molar-refractivity contribution >= 4 is 12.1 Å². The van der Waals surface area contributed by atoms with E-state index in [1.807, 2.05) is 58.0 Å². The van der Waals surface area contributed by atoms with Crippen molar-refractivity contribution in [2.24, 2.45) is 0 Å². The van der Waals surface area contributed by atoms with Gasteiger partial charge >= 0.3 is 12.1 Å². The number of carbonyl (C=O) groups excluding carboxylic acids is 2. The first-order chi connectivity index (χ1) is 14.2. The Balaban J connectivity index is 2.00. The number of esters is 1. The number of ether oxygens (including phenoxy) is 3. The molecule has 1 atom stereocenters. The van der Waals surface area contributed by atoms with Crippen molar-refractivity contribution in [1.29, 1.82) is 0 Å². The van der Waals surface area contributed by atoms with Crippen molar-refractivity contribution in [3.05, 3.63) is 47.8 Å². The molecule has 8 nitrogen and oxygen atoms in total. The third-order valence-electron chi connectivity index (χ3n) is 3.98. The lowest BCUT2D eigenvalue weighted by atomic mass is 10.2. The summed E-state index contributed by atoms with van der Waals surface area (Å²) < 4.78 is 17.7. The number of aromatic nitrogens is 2.